The van der Waals surface area contributed by atoms with Crippen LogP contribution in [-0.4, -0.2) is 27.1 Å². The van der Waals surface area contributed by atoms with Crippen molar-refractivity contribution in [3.05, 3.63) is 410 Å². The Balaban J connectivity index is 0.000000141. The minimum atomic E-state index is -1.49. The van der Waals surface area contributed by atoms with Crippen molar-refractivity contribution in [2.75, 3.05) is 0 Å². The van der Waals surface area contributed by atoms with Gasteiger partial charge in [0.1, 0.15) is 11.0 Å². The molecular weight excluding hydrogens is 1420 g/mol. The topological polar surface area (TPSA) is 121 Å². The monoisotopic (exact) mass is 1480 g/mol. The molecule has 2 aromatic heterocycles. The molecule has 0 unspecified atom stereocenters. The van der Waals surface area contributed by atoms with Gasteiger partial charge in [0.05, 0.1) is 18.2 Å². The van der Waals surface area contributed by atoms with Gasteiger partial charge in [-0.2, -0.15) is 5.26 Å². The van der Waals surface area contributed by atoms with E-state index in [0.717, 1.165) is 89.0 Å². The number of rotatable bonds is 12. The molecular formula is C104H66BClN4O4. The van der Waals surface area contributed by atoms with E-state index in [4.69, 9.17) is 47.0 Å². The zero-order valence-electron chi connectivity index (χ0n) is 61.4. The summed E-state index contributed by atoms with van der Waals surface area (Å²) in [7, 11) is -1.49. The molecule has 0 amide bonds. The van der Waals surface area contributed by atoms with Gasteiger partial charge in [0.15, 0.2) is 16.9 Å². The van der Waals surface area contributed by atoms with Crippen molar-refractivity contribution in [3.63, 3.8) is 0 Å². The lowest BCUT2D eigenvalue weighted by molar-refractivity contribution is 0.426. The molecule has 0 radical (unpaired) electrons. The van der Waals surface area contributed by atoms with E-state index in [1.54, 1.807) is 18.2 Å². The van der Waals surface area contributed by atoms with Gasteiger partial charge in [-0.05, 0) is 210 Å². The lowest BCUT2D eigenvalue weighted by Crippen LogP contribution is -2.29. The summed E-state index contributed by atoms with van der Waals surface area (Å²) in [5.41, 5.74) is 26.4. The molecule has 0 saturated heterocycles. The van der Waals surface area contributed by atoms with Crippen LogP contribution in [0.5, 0.6) is 0 Å². The largest absolute Gasteiger partial charge is 0.487 e. The Morgan fingerprint density at radius 2 is 0.614 bits per heavy atom. The van der Waals surface area contributed by atoms with E-state index in [9.17, 15) is 5.26 Å². The van der Waals surface area contributed by atoms with Crippen LogP contribution in [0.1, 0.15) is 5.56 Å². The summed E-state index contributed by atoms with van der Waals surface area (Å²) < 4.78 is 13.0. The smallest absolute Gasteiger partial charge is 0.436 e. The van der Waals surface area contributed by atoms with E-state index >= 15 is 0 Å². The second-order valence-electron chi connectivity index (χ2n) is 28.1. The Labute approximate surface area is 664 Å². The third-order valence-electron chi connectivity index (χ3n) is 21.1. The number of benzene rings is 18. The molecule has 536 valence electrons. The first kappa shape index (κ1) is 70.8. The summed E-state index contributed by atoms with van der Waals surface area (Å²) in [6.07, 6.45) is 0. The molecule has 2 heterocycles. The Kier molecular flexibility index (Phi) is 19.4. The highest BCUT2D eigenvalue weighted by molar-refractivity contribution is 6.58. The first-order chi connectivity index (χ1) is 56.1. The SMILES string of the molecule is Clc1ccc(-c2nc3c(-c4ccc(-c5cccc6ccccc56)cc4)cc(-c4ccc(-c5cccc6ccccc56)cc4)cc3o2)cc1.N#Cc1cccc(-c2ccc(-c3nc4c(-c5ccc(-c6cccc7ccccc67)cc5)cc(-c5ccc(-c6cccc7ccccc67)cc5)cc4o3)cc2)c1.[C-]#[N+]c1cccc(B(O)O)c1. The van der Waals surface area contributed by atoms with Crippen LogP contribution in [0.15, 0.2) is 397 Å². The number of nitrogens with zero attached hydrogens (tertiary/aromatic N) is 4. The van der Waals surface area contributed by atoms with Crippen LogP contribution in [0.4, 0.5) is 5.69 Å². The second kappa shape index (κ2) is 31.3. The molecule has 0 saturated carbocycles. The minimum absolute atomic E-state index is 0.346. The molecule has 0 fully saturated rings. The maximum Gasteiger partial charge on any atom is 0.487 e. The molecule has 0 aliphatic carbocycles. The van der Waals surface area contributed by atoms with Gasteiger partial charge in [-0.25, -0.2) is 14.8 Å². The van der Waals surface area contributed by atoms with Crippen molar-refractivity contribution in [3.8, 4) is 129 Å². The molecule has 114 heavy (non-hydrogen) atoms. The lowest BCUT2D eigenvalue weighted by Gasteiger charge is -2.11. The number of fused-ring (bicyclic) bond motifs is 6. The zero-order chi connectivity index (χ0) is 77.0. The van der Waals surface area contributed by atoms with E-state index in [0.29, 0.717) is 33.5 Å². The molecule has 2 N–H and O–H groups in total. The average Bonchev–Trinajstić information content (AvgIpc) is 1.58. The van der Waals surface area contributed by atoms with Gasteiger partial charge >= 0.3 is 7.12 Å². The maximum absolute atomic E-state index is 9.40. The molecule has 0 aliphatic rings. The quantitative estimate of drug-likeness (QED) is 0.0923. The molecule has 0 aliphatic heterocycles. The fraction of sp³-hybridized carbons (Fsp3) is 0. The number of aromatic nitrogens is 2. The number of oxazole rings is 2. The van der Waals surface area contributed by atoms with E-state index in [1.165, 1.54) is 93.7 Å². The van der Waals surface area contributed by atoms with Gasteiger partial charge in [0.25, 0.3) is 0 Å². The van der Waals surface area contributed by atoms with Crippen LogP contribution >= 0.6 is 11.6 Å². The third kappa shape index (κ3) is 14.5. The van der Waals surface area contributed by atoms with E-state index in [2.05, 4.69) is 314 Å². The highest BCUT2D eigenvalue weighted by Crippen LogP contribution is 2.43. The predicted molar refractivity (Wildman–Crippen MR) is 470 cm³/mol. The molecule has 20 rings (SSSR count). The molecule has 10 heteroatoms. The predicted octanol–water partition coefficient (Wildman–Crippen LogP) is 27.0. The van der Waals surface area contributed by atoms with Gasteiger partial charge in [0, 0.05) is 27.3 Å². The lowest BCUT2D eigenvalue weighted by atomic mass is 9.80. The minimum Gasteiger partial charge on any atom is -0.436 e. The normalized spacial score (nSPS) is 11.1. The molecule has 0 spiro atoms. The summed E-state index contributed by atoms with van der Waals surface area (Å²) in [6.45, 7) is 6.64. The van der Waals surface area contributed by atoms with Crippen molar-refractivity contribution in [2.45, 2.75) is 0 Å². The first-order valence-corrected chi connectivity index (χ1v) is 37.9. The van der Waals surface area contributed by atoms with Gasteiger partial charge < -0.3 is 18.9 Å². The van der Waals surface area contributed by atoms with Crippen molar-refractivity contribution in [2.24, 2.45) is 0 Å². The maximum atomic E-state index is 9.40. The number of hydrogen-bond acceptors (Lipinski definition) is 7. The Morgan fingerprint density at radius 3 is 0.982 bits per heavy atom. The average molecular weight is 1480 g/mol. The van der Waals surface area contributed by atoms with Crippen molar-refractivity contribution >= 4 is 95.2 Å². The van der Waals surface area contributed by atoms with E-state index in [1.807, 2.05) is 60.7 Å². The first-order valence-electron chi connectivity index (χ1n) is 37.5. The van der Waals surface area contributed by atoms with Gasteiger partial charge in [0.2, 0.25) is 11.8 Å². The summed E-state index contributed by atoms with van der Waals surface area (Å²) in [5, 5.41) is 37.4. The van der Waals surface area contributed by atoms with Crippen LogP contribution in [0.25, 0.3) is 193 Å². The van der Waals surface area contributed by atoms with Crippen LogP contribution in [0, 0.1) is 17.9 Å². The molecule has 20 aromatic rings. The van der Waals surface area contributed by atoms with Crippen LogP contribution in [0.3, 0.4) is 0 Å². The van der Waals surface area contributed by atoms with Crippen LogP contribution in [0.2, 0.25) is 5.02 Å². The highest BCUT2D eigenvalue weighted by Gasteiger charge is 2.21. The number of halogens is 1. The highest BCUT2D eigenvalue weighted by atomic mass is 35.5. The van der Waals surface area contributed by atoms with Crippen LogP contribution < -0.4 is 5.46 Å². The Bertz CT molecular complexity index is 7060. The third-order valence-corrected chi connectivity index (χ3v) is 21.3. The zero-order valence-corrected chi connectivity index (χ0v) is 62.2. The summed E-state index contributed by atoms with van der Waals surface area (Å²) >= 11 is 6.19. The fourth-order valence-corrected chi connectivity index (χ4v) is 15.4. The van der Waals surface area contributed by atoms with Gasteiger partial charge in [-0.3, -0.25) is 0 Å². The molecule has 8 nitrogen and oxygen atoms in total. The van der Waals surface area contributed by atoms with Crippen molar-refractivity contribution in [1.29, 1.82) is 5.26 Å². The standard InChI is InChI=1S/C52H32N2O.C45H28ClNO.C7H6BNO2/c53-33-34-8-5-13-43(30-34)35-20-28-42(29-21-35)52-54-51-49(41-26-24-40(25-27-41)48-17-7-12-38-10-2-4-15-46(38)48)31-44(32-50(51)55-52)36-18-22-39(23-19-36)47-16-6-11-37-9-1-3-14-45(37)47;46-37-25-23-35(24-26-37)45-47-44-42(34-21-19-33(20-22-34)41-14-6-10-31-8-2-4-12-39(31)41)27-36(28-43(44)48-45)29-15-17-32(18-16-29)40-13-5-9-30-7-1-3-11-38(30)40;1-9-7-4-2-3-6(5-7)8(10)11/h1-32H;1-28H;2-5,10-11H. The van der Waals surface area contributed by atoms with E-state index in [-0.39, 0.29) is 0 Å². The molecule has 0 bridgehead atoms. The van der Waals surface area contributed by atoms with Crippen molar-refractivity contribution in [1.82, 2.24) is 9.97 Å². The summed E-state index contributed by atoms with van der Waals surface area (Å²) in [4.78, 5) is 13.3. The summed E-state index contributed by atoms with van der Waals surface area (Å²) in [6, 6.07) is 136. The Morgan fingerprint density at radius 1 is 0.298 bits per heavy atom. The number of hydrogen-bond donors (Lipinski definition) is 2. The van der Waals surface area contributed by atoms with Gasteiger partial charge in [-0.1, -0.05) is 327 Å². The molecule has 0 atom stereocenters. The summed E-state index contributed by atoms with van der Waals surface area (Å²) in [5.74, 6) is 1.13. The van der Waals surface area contributed by atoms with E-state index < -0.39 is 7.12 Å². The number of nitriles is 1. The van der Waals surface area contributed by atoms with Crippen LogP contribution in [-0.2, 0) is 0 Å². The second-order valence-corrected chi connectivity index (χ2v) is 28.5. The fourth-order valence-electron chi connectivity index (χ4n) is 15.3. The van der Waals surface area contributed by atoms with Gasteiger partial charge in [-0.15, -0.1) is 0 Å². The molecule has 18 aromatic carbocycles. The van der Waals surface area contributed by atoms with Crippen molar-refractivity contribution < 1.29 is 18.9 Å². The Hall–Kier alpha value is -14.8.